The summed E-state index contributed by atoms with van der Waals surface area (Å²) in [4.78, 5) is 5.40. The lowest BCUT2D eigenvalue weighted by molar-refractivity contribution is 0.123. The molecule has 4 heteroatoms. The minimum Gasteiger partial charge on any atom is -0.376 e. The van der Waals surface area contributed by atoms with Gasteiger partial charge in [-0.2, -0.15) is 0 Å². The van der Waals surface area contributed by atoms with Crippen molar-refractivity contribution in [1.82, 2.24) is 4.98 Å². The van der Waals surface area contributed by atoms with Crippen LogP contribution in [0.5, 0.6) is 0 Å². The minimum absolute atomic E-state index is 0.691. The monoisotopic (exact) mass is 200 g/mol. The van der Waals surface area contributed by atoms with Crippen LogP contribution in [0.25, 0.3) is 0 Å². The number of aromatic nitrogens is 1. The Bertz CT molecular complexity index is 237. The number of thiazole rings is 1. The zero-order valence-corrected chi connectivity index (χ0v) is 8.99. The average molecular weight is 200 g/mol. The maximum atomic E-state index is 5.40. The van der Waals surface area contributed by atoms with Gasteiger partial charge in [0.25, 0.3) is 0 Å². The number of nitrogens with one attached hydrogen (secondary N) is 1. The second-order valence-electron chi connectivity index (χ2n) is 2.71. The van der Waals surface area contributed by atoms with Gasteiger partial charge in [-0.25, -0.2) is 4.98 Å². The fourth-order valence-electron chi connectivity index (χ4n) is 0.924. The molecule has 0 saturated heterocycles. The Labute approximate surface area is 83.1 Å². The van der Waals surface area contributed by atoms with E-state index in [0.717, 1.165) is 24.7 Å². The first-order valence-corrected chi connectivity index (χ1v) is 5.44. The average Bonchev–Trinajstić information content (AvgIpc) is 2.54. The lowest BCUT2D eigenvalue weighted by Gasteiger charge is -1.97. The third kappa shape index (κ3) is 3.74. The van der Waals surface area contributed by atoms with E-state index in [1.165, 1.54) is 4.88 Å². The predicted molar refractivity (Wildman–Crippen MR) is 56.2 cm³/mol. The molecule has 0 aliphatic rings. The Morgan fingerprint density at radius 2 is 2.38 bits per heavy atom. The number of hydrogen-bond acceptors (Lipinski definition) is 4. The van der Waals surface area contributed by atoms with Crippen LogP contribution in [-0.2, 0) is 11.3 Å². The van der Waals surface area contributed by atoms with Crippen molar-refractivity contribution in [2.24, 2.45) is 0 Å². The highest BCUT2D eigenvalue weighted by Crippen LogP contribution is 2.18. The standard InChI is InChI=1S/C9H16N2OS/c1-3-5-12-7-8-6-11-9(13-8)10-4-2/h6H,3-5,7H2,1-2H3,(H,10,11). The van der Waals surface area contributed by atoms with Gasteiger partial charge in [-0.15, -0.1) is 0 Å². The molecular formula is C9H16N2OS. The van der Waals surface area contributed by atoms with E-state index in [1.807, 2.05) is 6.20 Å². The molecule has 1 heterocycles. The summed E-state index contributed by atoms with van der Waals surface area (Å²) in [5, 5.41) is 4.15. The van der Waals surface area contributed by atoms with Crippen molar-refractivity contribution in [3.8, 4) is 0 Å². The Hall–Kier alpha value is -0.610. The molecule has 1 N–H and O–H groups in total. The van der Waals surface area contributed by atoms with Crippen LogP contribution in [0.15, 0.2) is 6.20 Å². The van der Waals surface area contributed by atoms with E-state index in [0.29, 0.717) is 6.61 Å². The van der Waals surface area contributed by atoms with Gasteiger partial charge in [0, 0.05) is 19.3 Å². The molecule has 0 fully saturated rings. The van der Waals surface area contributed by atoms with Crippen LogP contribution in [-0.4, -0.2) is 18.1 Å². The molecule has 1 aromatic heterocycles. The van der Waals surface area contributed by atoms with Crippen molar-refractivity contribution in [3.63, 3.8) is 0 Å². The zero-order chi connectivity index (χ0) is 9.52. The predicted octanol–water partition coefficient (Wildman–Crippen LogP) is 2.50. The number of anilines is 1. The molecular weight excluding hydrogens is 184 g/mol. The van der Waals surface area contributed by atoms with Gasteiger partial charge in [0.1, 0.15) is 0 Å². The Kier molecular flexibility index (Phi) is 4.78. The second kappa shape index (κ2) is 5.94. The van der Waals surface area contributed by atoms with Gasteiger partial charge in [-0.3, -0.25) is 0 Å². The van der Waals surface area contributed by atoms with Gasteiger partial charge in [0.15, 0.2) is 5.13 Å². The molecule has 1 rings (SSSR count). The fraction of sp³-hybridized carbons (Fsp3) is 0.667. The van der Waals surface area contributed by atoms with Crippen molar-refractivity contribution in [1.29, 1.82) is 0 Å². The first kappa shape index (κ1) is 10.5. The number of hydrogen-bond donors (Lipinski definition) is 1. The molecule has 74 valence electrons. The first-order valence-electron chi connectivity index (χ1n) is 4.63. The zero-order valence-electron chi connectivity index (χ0n) is 8.17. The minimum atomic E-state index is 0.691. The number of rotatable bonds is 6. The normalized spacial score (nSPS) is 10.3. The maximum absolute atomic E-state index is 5.40. The van der Waals surface area contributed by atoms with Crippen molar-refractivity contribution in [2.45, 2.75) is 26.9 Å². The van der Waals surface area contributed by atoms with Crippen LogP contribution in [0.1, 0.15) is 25.1 Å². The molecule has 0 aliphatic carbocycles. The second-order valence-corrected chi connectivity index (χ2v) is 3.83. The van der Waals surface area contributed by atoms with Crippen LogP contribution in [0.3, 0.4) is 0 Å². The van der Waals surface area contributed by atoms with Crippen LogP contribution >= 0.6 is 11.3 Å². The van der Waals surface area contributed by atoms with Crippen molar-refractivity contribution < 1.29 is 4.74 Å². The Morgan fingerprint density at radius 1 is 1.54 bits per heavy atom. The quantitative estimate of drug-likeness (QED) is 0.716. The summed E-state index contributed by atoms with van der Waals surface area (Å²) in [5.41, 5.74) is 0. The van der Waals surface area contributed by atoms with Gasteiger partial charge >= 0.3 is 0 Å². The molecule has 0 aliphatic heterocycles. The Morgan fingerprint density at radius 3 is 3.08 bits per heavy atom. The summed E-state index contributed by atoms with van der Waals surface area (Å²) < 4.78 is 5.40. The SMILES string of the molecule is CCCOCc1cnc(NCC)s1. The molecule has 0 bridgehead atoms. The van der Waals surface area contributed by atoms with Gasteiger partial charge in [0.2, 0.25) is 0 Å². The Balaban J connectivity index is 2.31. The highest BCUT2D eigenvalue weighted by atomic mass is 32.1. The van der Waals surface area contributed by atoms with Crippen molar-refractivity contribution >= 4 is 16.5 Å². The summed E-state index contributed by atoms with van der Waals surface area (Å²) in [5.74, 6) is 0. The third-order valence-corrected chi connectivity index (χ3v) is 2.40. The number of nitrogens with zero attached hydrogens (tertiary/aromatic N) is 1. The topological polar surface area (TPSA) is 34.1 Å². The van der Waals surface area contributed by atoms with E-state index in [2.05, 4.69) is 24.1 Å². The van der Waals surface area contributed by atoms with E-state index in [1.54, 1.807) is 11.3 Å². The summed E-state index contributed by atoms with van der Waals surface area (Å²) in [7, 11) is 0. The third-order valence-electron chi connectivity index (χ3n) is 1.47. The lowest BCUT2D eigenvalue weighted by Crippen LogP contribution is -1.94. The van der Waals surface area contributed by atoms with E-state index in [9.17, 15) is 0 Å². The largest absolute Gasteiger partial charge is 0.376 e. The van der Waals surface area contributed by atoms with Crippen molar-refractivity contribution in [2.75, 3.05) is 18.5 Å². The smallest absolute Gasteiger partial charge is 0.182 e. The molecule has 1 aromatic rings. The maximum Gasteiger partial charge on any atom is 0.182 e. The molecule has 13 heavy (non-hydrogen) atoms. The van der Waals surface area contributed by atoms with E-state index < -0.39 is 0 Å². The molecule has 0 radical (unpaired) electrons. The number of ether oxygens (including phenoxy) is 1. The summed E-state index contributed by atoms with van der Waals surface area (Å²) in [6.45, 7) is 6.61. The molecule has 0 amide bonds. The summed E-state index contributed by atoms with van der Waals surface area (Å²) >= 11 is 1.66. The van der Waals surface area contributed by atoms with E-state index >= 15 is 0 Å². The molecule has 0 aromatic carbocycles. The first-order chi connectivity index (χ1) is 6.36. The molecule has 0 unspecified atom stereocenters. The lowest BCUT2D eigenvalue weighted by atomic mass is 10.5. The van der Waals surface area contributed by atoms with Gasteiger partial charge in [-0.1, -0.05) is 18.3 Å². The van der Waals surface area contributed by atoms with E-state index in [4.69, 9.17) is 4.74 Å². The summed E-state index contributed by atoms with van der Waals surface area (Å²) in [6.07, 6.45) is 2.94. The van der Waals surface area contributed by atoms with Crippen LogP contribution < -0.4 is 5.32 Å². The molecule has 3 nitrogen and oxygen atoms in total. The van der Waals surface area contributed by atoms with Gasteiger partial charge < -0.3 is 10.1 Å². The molecule has 0 spiro atoms. The van der Waals surface area contributed by atoms with Gasteiger partial charge in [-0.05, 0) is 13.3 Å². The van der Waals surface area contributed by atoms with Crippen LogP contribution in [0.2, 0.25) is 0 Å². The van der Waals surface area contributed by atoms with Gasteiger partial charge in [0.05, 0.1) is 11.5 Å². The van der Waals surface area contributed by atoms with Crippen molar-refractivity contribution in [3.05, 3.63) is 11.1 Å². The summed E-state index contributed by atoms with van der Waals surface area (Å²) in [6, 6.07) is 0. The van der Waals surface area contributed by atoms with E-state index in [-0.39, 0.29) is 0 Å². The highest BCUT2D eigenvalue weighted by molar-refractivity contribution is 7.15. The molecule has 0 saturated carbocycles. The highest BCUT2D eigenvalue weighted by Gasteiger charge is 1.99. The fourth-order valence-corrected chi connectivity index (χ4v) is 1.74. The van der Waals surface area contributed by atoms with Crippen LogP contribution in [0.4, 0.5) is 5.13 Å². The van der Waals surface area contributed by atoms with Crippen LogP contribution in [0, 0.1) is 0 Å². The molecule has 0 atom stereocenters.